The summed E-state index contributed by atoms with van der Waals surface area (Å²) in [5.41, 5.74) is 2.38. The lowest BCUT2D eigenvalue weighted by atomic mass is 9.93. The molecule has 5 N–H and O–H groups in total. The summed E-state index contributed by atoms with van der Waals surface area (Å²) in [6, 6.07) is 18.9. The van der Waals surface area contributed by atoms with Crippen LogP contribution >= 0.6 is 0 Å². The van der Waals surface area contributed by atoms with Crippen molar-refractivity contribution in [3.63, 3.8) is 0 Å². The van der Waals surface area contributed by atoms with Gasteiger partial charge in [-0.15, -0.1) is 0 Å². The fourth-order valence-electron chi connectivity index (χ4n) is 5.29. The van der Waals surface area contributed by atoms with Gasteiger partial charge in [-0.1, -0.05) is 62.4 Å². The molecule has 2 heterocycles. The molecule has 0 bridgehead atoms. The minimum Gasteiger partial charge on any atom is -0.494 e. The third kappa shape index (κ3) is 8.47. The van der Waals surface area contributed by atoms with Crippen molar-refractivity contribution in [3.8, 4) is 23.3 Å². The van der Waals surface area contributed by atoms with Crippen molar-refractivity contribution in [2.24, 2.45) is 5.92 Å². The molecule has 1 aliphatic rings. The summed E-state index contributed by atoms with van der Waals surface area (Å²) in [5.74, 6) is -2.23. The largest absolute Gasteiger partial charge is 0.494 e. The van der Waals surface area contributed by atoms with Crippen LogP contribution in [0.2, 0.25) is 0 Å². The van der Waals surface area contributed by atoms with Gasteiger partial charge in [0, 0.05) is 11.6 Å². The molecule has 4 aromatic rings. The number of carbonyl (C=O) groups excluding carboxylic acids is 4. The van der Waals surface area contributed by atoms with Crippen LogP contribution in [0.25, 0.3) is 6.08 Å². The first-order valence-electron chi connectivity index (χ1n) is 15.6. The lowest BCUT2D eigenvalue weighted by molar-refractivity contribution is -0.123. The highest BCUT2D eigenvalue weighted by Crippen LogP contribution is 2.33. The Bertz CT molecular complexity index is 1860. The fourth-order valence-corrected chi connectivity index (χ4v) is 5.29. The molecule has 1 aliphatic heterocycles. The van der Waals surface area contributed by atoms with Crippen LogP contribution in [0.15, 0.2) is 78.9 Å². The summed E-state index contributed by atoms with van der Waals surface area (Å²) in [6.07, 6.45) is 2.65. The van der Waals surface area contributed by atoms with E-state index in [1.165, 1.54) is 13.0 Å². The summed E-state index contributed by atoms with van der Waals surface area (Å²) in [6.45, 7) is 5.16. The van der Waals surface area contributed by atoms with Crippen molar-refractivity contribution < 1.29 is 43.6 Å². The normalized spacial score (nSPS) is 13.2. The van der Waals surface area contributed by atoms with Gasteiger partial charge in [-0.25, -0.2) is 4.79 Å². The molecule has 0 aliphatic carbocycles. The number of aromatic nitrogens is 1. The third-order valence-electron chi connectivity index (χ3n) is 8.01. The first-order valence-corrected chi connectivity index (χ1v) is 15.6. The second-order valence-electron chi connectivity index (χ2n) is 11.9. The van der Waals surface area contributed by atoms with E-state index in [4.69, 9.17) is 14.2 Å². The molecule has 0 radical (unpaired) electrons. The summed E-state index contributed by atoms with van der Waals surface area (Å²) in [7, 11) is 0. The monoisotopic (exact) mass is 667 g/mol. The first kappa shape index (κ1) is 34.3. The molecule has 2 amide bonds. The number of aromatic hydroxyl groups is 2. The van der Waals surface area contributed by atoms with E-state index in [1.54, 1.807) is 62.4 Å². The molecule has 2 atom stereocenters. The molecule has 0 fully saturated rings. The van der Waals surface area contributed by atoms with Gasteiger partial charge >= 0.3 is 5.97 Å². The molecule has 12 nitrogen and oxygen atoms in total. The number of benzene rings is 3. The molecule has 0 saturated heterocycles. The van der Waals surface area contributed by atoms with E-state index in [1.807, 2.05) is 30.3 Å². The first-order chi connectivity index (χ1) is 23.5. The van der Waals surface area contributed by atoms with Gasteiger partial charge in [-0.05, 0) is 59.9 Å². The zero-order chi connectivity index (χ0) is 35.1. The molecule has 1 unspecified atom stereocenters. The smallest absolute Gasteiger partial charge is 0.338 e. The second-order valence-corrected chi connectivity index (χ2v) is 11.9. The van der Waals surface area contributed by atoms with E-state index in [0.717, 1.165) is 5.56 Å². The van der Waals surface area contributed by atoms with Gasteiger partial charge in [0.1, 0.15) is 6.61 Å². The van der Waals surface area contributed by atoms with Crippen molar-refractivity contribution in [2.45, 2.75) is 45.9 Å². The predicted molar refractivity (Wildman–Crippen MR) is 179 cm³/mol. The molecule has 12 heteroatoms. The van der Waals surface area contributed by atoms with Crippen LogP contribution in [0, 0.1) is 12.8 Å². The number of ether oxygens (including phenoxy) is 3. The number of Topliss-reactive ketones (excluding diaryl/α,β-unsaturated/α-hetero) is 1. The number of H-pyrrole nitrogens is 1. The lowest BCUT2D eigenvalue weighted by Gasteiger charge is -2.24. The number of ketones is 1. The Labute approximate surface area is 282 Å². The SMILES string of the molecule is Cc1c(O)[nH]c(O)c1C(=O)[C@@H](NC(=O)CC(NC(=O)C=Cc1ccc2c(c1)OCO2)c1ccc(C(=O)OCc2ccccc2)cc1)C(C)C. The third-order valence-corrected chi connectivity index (χ3v) is 8.01. The maximum absolute atomic E-state index is 13.5. The highest BCUT2D eigenvalue weighted by Gasteiger charge is 2.31. The van der Waals surface area contributed by atoms with E-state index in [2.05, 4.69) is 15.6 Å². The number of hydrogen-bond donors (Lipinski definition) is 5. The van der Waals surface area contributed by atoms with Crippen LogP contribution in [-0.2, 0) is 20.9 Å². The van der Waals surface area contributed by atoms with Crippen molar-refractivity contribution in [1.82, 2.24) is 15.6 Å². The minimum atomic E-state index is -1.05. The summed E-state index contributed by atoms with van der Waals surface area (Å²) in [5, 5.41) is 25.8. The van der Waals surface area contributed by atoms with Crippen molar-refractivity contribution in [2.75, 3.05) is 6.79 Å². The van der Waals surface area contributed by atoms with Gasteiger partial charge in [-0.2, -0.15) is 0 Å². The Balaban J connectivity index is 1.32. The number of carbonyl (C=O) groups is 4. The number of aromatic amines is 1. The predicted octanol–water partition coefficient (Wildman–Crippen LogP) is 5.10. The molecule has 49 heavy (non-hydrogen) atoms. The van der Waals surface area contributed by atoms with Gasteiger partial charge in [0.15, 0.2) is 23.2 Å². The van der Waals surface area contributed by atoms with E-state index in [-0.39, 0.29) is 48.3 Å². The van der Waals surface area contributed by atoms with Crippen LogP contribution in [-0.4, -0.2) is 51.6 Å². The Morgan fingerprint density at radius 2 is 1.63 bits per heavy atom. The quantitative estimate of drug-likeness (QED) is 0.0737. The molecule has 254 valence electrons. The highest BCUT2D eigenvalue weighted by atomic mass is 16.7. The van der Waals surface area contributed by atoms with Crippen molar-refractivity contribution in [1.29, 1.82) is 0 Å². The number of rotatable bonds is 13. The van der Waals surface area contributed by atoms with E-state index in [9.17, 15) is 29.4 Å². The standard InChI is InChI=1S/C37H37N3O9/c1-21(2)33(34(43)32-22(3)35(44)40-36(32)45)39-31(42)18-27(38-30(41)16-10-23-9-15-28-29(17-23)49-20-48-28)25-11-13-26(14-12-25)37(46)47-19-24-7-5-4-6-8-24/h4-17,21,27,33,40,44-45H,18-20H2,1-3H3,(H,38,41)(H,39,42)/t27?,33-/m0/s1. The Morgan fingerprint density at radius 3 is 2.31 bits per heavy atom. The Kier molecular flexibility index (Phi) is 10.7. The van der Waals surface area contributed by atoms with E-state index in [0.29, 0.717) is 22.6 Å². The van der Waals surface area contributed by atoms with E-state index >= 15 is 0 Å². The number of esters is 1. The maximum atomic E-state index is 13.5. The average molecular weight is 668 g/mol. The van der Waals surface area contributed by atoms with Gasteiger partial charge in [0.25, 0.3) is 0 Å². The molecule has 1 aromatic heterocycles. The van der Waals surface area contributed by atoms with Crippen LogP contribution in [0.5, 0.6) is 23.3 Å². The molecule has 0 saturated carbocycles. The summed E-state index contributed by atoms with van der Waals surface area (Å²) < 4.78 is 16.2. The summed E-state index contributed by atoms with van der Waals surface area (Å²) in [4.78, 5) is 55.0. The number of fused-ring (bicyclic) bond motifs is 1. The fraction of sp³-hybridized carbons (Fsp3) is 0.243. The lowest BCUT2D eigenvalue weighted by Crippen LogP contribution is -2.45. The van der Waals surface area contributed by atoms with Gasteiger partial charge < -0.3 is 35.1 Å². The molecular weight excluding hydrogens is 630 g/mol. The minimum absolute atomic E-state index is 0.103. The Hall–Kier alpha value is -6.04. The topological polar surface area (TPSA) is 176 Å². The highest BCUT2D eigenvalue weighted by molar-refractivity contribution is 6.05. The van der Waals surface area contributed by atoms with E-state index < -0.39 is 41.5 Å². The zero-order valence-corrected chi connectivity index (χ0v) is 27.2. The molecular formula is C37H37N3O9. The molecule has 3 aromatic carbocycles. The average Bonchev–Trinajstić information content (AvgIpc) is 3.66. The van der Waals surface area contributed by atoms with Gasteiger partial charge in [0.05, 0.1) is 29.6 Å². The van der Waals surface area contributed by atoms with Crippen LogP contribution in [0.1, 0.15) is 69.3 Å². The maximum Gasteiger partial charge on any atom is 0.338 e. The van der Waals surface area contributed by atoms with Crippen molar-refractivity contribution >= 4 is 29.6 Å². The van der Waals surface area contributed by atoms with Crippen molar-refractivity contribution in [3.05, 3.63) is 112 Å². The number of nitrogens with one attached hydrogen (secondary N) is 3. The number of hydrogen-bond acceptors (Lipinski definition) is 9. The number of amides is 2. The van der Waals surface area contributed by atoms with Gasteiger partial charge in [0.2, 0.25) is 24.5 Å². The second kappa shape index (κ2) is 15.2. The molecule has 5 rings (SSSR count). The Morgan fingerprint density at radius 1 is 0.918 bits per heavy atom. The zero-order valence-electron chi connectivity index (χ0n) is 27.2. The van der Waals surface area contributed by atoms with Crippen LogP contribution < -0.4 is 20.1 Å². The summed E-state index contributed by atoms with van der Waals surface area (Å²) >= 11 is 0. The van der Waals surface area contributed by atoms with Crippen LogP contribution in [0.4, 0.5) is 0 Å². The molecule has 0 spiro atoms. The van der Waals surface area contributed by atoms with Gasteiger partial charge in [-0.3, -0.25) is 19.4 Å². The van der Waals surface area contributed by atoms with Crippen LogP contribution in [0.3, 0.4) is 0 Å².